The summed E-state index contributed by atoms with van der Waals surface area (Å²) < 4.78 is 4.26. The molecule has 0 amide bonds. The Hall–Kier alpha value is -0.0969. The molecule has 2 aliphatic rings. The Balaban J connectivity index is 0.000000167. The second-order valence-corrected chi connectivity index (χ2v) is 4.83. The Morgan fingerprint density at radius 2 is 0.950 bits per heavy atom. The first-order valence-electron chi connectivity index (χ1n) is 6.52. The van der Waals surface area contributed by atoms with Gasteiger partial charge in [-0.3, -0.25) is 0 Å². The molecule has 0 spiro atoms. The maximum atomic E-state index is 4.26. The topological polar surface area (TPSA) is 12.4 Å². The minimum Gasteiger partial charge on any atom is -0.0312 e. The van der Waals surface area contributed by atoms with Gasteiger partial charge in [-0.25, -0.2) is 0 Å². The zero-order valence-electron chi connectivity index (χ0n) is 12.0. The van der Waals surface area contributed by atoms with Gasteiger partial charge in [-0.05, 0) is 64.2 Å². The summed E-state index contributed by atoms with van der Waals surface area (Å²) in [5, 5.41) is 0. The minimum absolute atomic E-state index is 1.17. The SMILES string of the molecule is Cc1cccc(C)c1[N]=[Zr].[CH]1[CH][CH][CH][CH]1.[CH]1[CH][CH][CH][CH]1. The number of benzene rings is 1. The van der Waals surface area contributed by atoms with Crippen LogP contribution < -0.4 is 0 Å². The zero-order valence-corrected chi connectivity index (χ0v) is 14.4. The Morgan fingerprint density at radius 1 is 0.650 bits per heavy atom. The molecule has 2 heteroatoms. The zero-order chi connectivity index (χ0) is 14.6. The van der Waals surface area contributed by atoms with Gasteiger partial charge in [0.25, 0.3) is 0 Å². The van der Waals surface area contributed by atoms with Crippen LogP contribution in [0.1, 0.15) is 11.1 Å². The molecule has 0 saturated heterocycles. The van der Waals surface area contributed by atoms with Crippen molar-refractivity contribution >= 4 is 5.69 Å². The molecule has 0 unspecified atom stereocenters. The summed E-state index contributed by atoms with van der Waals surface area (Å²) in [5.41, 5.74) is 3.72. The molecule has 1 nitrogen and oxygen atoms in total. The van der Waals surface area contributed by atoms with Crippen molar-refractivity contribution in [3.05, 3.63) is 93.5 Å². The van der Waals surface area contributed by atoms with Crippen LogP contribution in [0.2, 0.25) is 0 Å². The number of hydrogen-bond acceptors (Lipinski definition) is 1. The molecule has 1 aromatic carbocycles. The van der Waals surface area contributed by atoms with Gasteiger partial charge in [0, 0.05) is 0 Å². The predicted molar refractivity (Wildman–Crippen MR) is 81.0 cm³/mol. The molecule has 0 atom stereocenters. The van der Waals surface area contributed by atoms with Gasteiger partial charge in [0.1, 0.15) is 0 Å². The first-order chi connectivity index (χ1) is 9.75. The molecule has 2 aliphatic carbocycles. The Morgan fingerprint density at radius 3 is 1.15 bits per heavy atom. The summed E-state index contributed by atoms with van der Waals surface area (Å²) in [6, 6.07) is 6.25. The van der Waals surface area contributed by atoms with Crippen LogP contribution in [0.4, 0.5) is 5.69 Å². The molecule has 0 heterocycles. The van der Waals surface area contributed by atoms with Gasteiger partial charge in [-0.1, -0.05) is 0 Å². The first-order valence-corrected chi connectivity index (χ1v) is 7.62. The Kier molecular flexibility index (Phi) is 10.4. The van der Waals surface area contributed by atoms with Gasteiger partial charge in [-0.15, -0.1) is 0 Å². The quantitative estimate of drug-likeness (QED) is 0.702. The average Bonchev–Trinajstić information content (AvgIpc) is 3.18. The molecule has 3 rings (SSSR count). The molecule has 0 bridgehead atoms. The van der Waals surface area contributed by atoms with Gasteiger partial charge >= 0.3 is 76.3 Å². The van der Waals surface area contributed by atoms with E-state index in [1.54, 1.807) is 0 Å². The Bertz CT molecular complexity index is 334. The monoisotopic (exact) mass is 339 g/mol. The second-order valence-electron chi connectivity index (χ2n) is 4.28. The van der Waals surface area contributed by atoms with Gasteiger partial charge < -0.3 is 0 Å². The fourth-order valence-electron chi connectivity index (χ4n) is 1.62. The van der Waals surface area contributed by atoms with Crippen molar-refractivity contribution in [2.75, 3.05) is 0 Å². The van der Waals surface area contributed by atoms with Crippen LogP contribution in [-0.4, -0.2) is 0 Å². The molecule has 2 fully saturated rings. The molecule has 0 aromatic heterocycles. The molecule has 2 saturated carbocycles. The largest absolute Gasteiger partial charge is 0.0312 e. The summed E-state index contributed by atoms with van der Waals surface area (Å²) >= 11 is 1.23. The molecule has 0 aliphatic heterocycles. The third-order valence-electron chi connectivity index (χ3n) is 2.66. The van der Waals surface area contributed by atoms with Gasteiger partial charge in [0.05, 0.1) is 0 Å². The maximum absolute atomic E-state index is 4.26. The van der Waals surface area contributed by atoms with Gasteiger partial charge in [0.2, 0.25) is 0 Å². The predicted octanol–water partition coefficient (Wildman–Crippen LogP) is 4.71. The summed E-state index contributed by atoms with van der Waals surface area (Å²) in [6.45, 7) is 4.19. The van der Waals surface area contributed by atoms with Crippen LogP contribution in [0.5, 0.6) is 0 Å². The number of nitrogens with zero attached hydrogens (tertiary/aromatic N) is 1. The van der Waals surface area contributed by atoms with Crippen molar-refractivity contribution in [2.45, 2.75) is 13.8 Å². The third-order valence-corrected chi connectivity index (χ3v) is 3.21. The smallest absolute Gasteiger partial charge is 0.0312 e. The molecule has 100 valence electrons. The van der Waals surface area contributed by atoms with Crippen LogP contribution in [0.25, 0.3) is 0 Å². The molecule has 0 N–H and O–H groups in total. The fourth-order valence-corrected chi connectivity index (χ4v) is 2.49. The van der Waals surface area contributed by atoms with E-state index in [9.17, 15) is 0 Å². The van der Waals surface area contributed by atoms with Crippen molar-refractivity contribution < 1.29 is 24.6 Å². The van der Waals surface area contributed by atoms with E-state index < -0.39 is 0 Å². The van der Waals surface area contributed by atoms with Crippen molar-refractivity contribution in [3.8, 4) is 0 Å². The normalized spacial score (nSPS) is 16.6. The van der Waals surface area contributed by atoms with Crippen LogP contribution in [0, 0.1) is 78.1 Å². The Labute approximate surface area is 140 Å². The summed E-state index contributed by atoms with van der Waals surface area (Å²) in [5.74, 6) is 0. The van der Waals surface area contributed by atoms with E-state index in [0.29, 0.717) is 0 Å². The molecule has 10 radical (unpaired) electrons. The maximum Gasteiger partial charge on any atom is -0.0312 e. The molecular weight excluding hydrogens is 321 g/mol. The third kappa shape index (κ3) is 7.62. The van der Waals surface area contributed by atoms with Crippen LogP contribution in [0.15, 0.2) is 21.1 Å². The standard InChI is InChI=1S/C8H9N.2C5H5.Zr/c1-6-4-3-5-7(2)8(6)9;2*1-2-4-5-3-1;/h3-5H,1-2H3;2*1-5H;. The van der Waals surface area contributed by atoms with E-state index in [4.69, 9.17) is 0 Å². The van der Waals surface area contributed by atoms with E-state index in [2.05, 4.69) is 34.9 Å². The van der Waals surface area contributed by atoms with E-state index in [1.165, 1.54) is 41.4 Å². The van der Waals surface area contributed by atoms with Crippen molar-refractivity contribution in [2.24, 2.45) is 2.87 Å². The van der Waals surface area contributed by atoms with Crippen LogP contribution in [-0.2, 0) is 24.6 Å². The fraction of sp³-hybridized carbons (Fsp3) is 0.111. The number of hydrogen-bond donors (Lipinski definition) is 0. The number of aryl methyl sites for hydroxylation is 2. The second kappa shape index (κ2) is 11.6. The molecular formula is C18H19NZr. The van der Waals surface area contributed by atoms with Gasteiger partial charge in [-0.2, -0.15) is 0 Å². The average molecular weight is 341 g/mol. The number of rotatable bonds is 1. The minimum atomic E-state index is 1.17. The summed E-state index contributed by atoms with van der Waals surface area (Å²) in [7, 11) is 0. The van der Waals surface area contributed by atoms with E-state index in [-0.39, 0.29) is 0 Å². The molecule has 20 heavy (non-hydrogen) atoms. The summed E-state index contributed by atoms with van der Waals surface area (Å²) in [6.07, 6.45) is 20.0. The van der Waals surface area contributed by atoms with Crippen molar-refractivity contribution in [1.82, 2.24) is 0 Å². The van der Waals surface area contributed by atoms with Crippen molar-refractivity contribution in [3.63, 3.8) is 0 Å². The van der Waals surface area contributed by atoms with E-state index in [0.717, 1.165) is 0 Å². The van der Waals surface area contributed by atoms with Gasteiger partial charge in [0.15, 0.2) is 0 Å². The van der Waals surface area contributed by atoms with Crippen LogP contribution >= 0.6 is 0 Å². The van der Waals surface area contributed by atoms with Crippen LogP contribution in [0.3, 0.4) is 0 Å². The van der Waals surface area contributed by atoms with E-state index >= 15 is 0 Å². The molecule has 1 aromatic rings. The first kappa shape index (κ1) is 18.0. The summed E-state index contributed by atoms with van der Waals surface area (Å²) in [4.78, 5) is 0. The van der Waals surface area contributed by atoms with Crippen molar-refractivity contribution in [1.29, 1.82) is 0 Å². The van der Waals surface area contributed by atoms with E-state index in [1.807, 2.05) is 64.2 Å².